The lowest BCUT2D eigenvalue weighted by molar-refractivity contribution is 0.0648. The summed E-state index contributed by atoms with van der Waals surface area (Å²) in [7, 11) is 0. The molecule has 1 amide bonds. The fourth-order valence-electron chi connectivity index (χ4n) is 1.90. The number of carbonyl (C=O) groups is 1. The van der Waals surface area contributed by atoms with Crippen molar-refractivity contribution in [3.05, 3.63) is 24.3 Å². The van der Waals surface area contributed by atoms with Crippen LogP contribution in [0, 0.1) is 0 Å². The zero-order valence-electron chi connectivity index (χ0n) is 9.95. The lowest BCUT2D eigenvalue weighted by atomic mass is 10.3. The molecule has 18 heavy (non-hydrogen) atoms. The highest BCUT2D eigenvalue weighted by Crippen LogP contribution is 2.05. The van der Waals surface area contributed by atoms with Crippen molar-refractivity contribution in [1.29, 1.82) is 0 Å². The van der Waals surface area contributed by atoms with Crippen molar-refractivity contribution in [2.24, 2.45) is 5.73 Å². The molecule has 0 aromatic carbocycles. The summed E-state index contributed by atoms with van der Waals surface area (Å²) in [5, 5.41) is 0. The fourth-order valence-corrected chi connectivity index (χ4v) is 2.08. The van der Waals surface area contributed by atoms with Crippen LogP contribution in [-0.4, -0.2) is 63.4 Å². The number of piperazine rings is 1. The second-order valence-electron chi connectivity index (χ2n) is 4.13. The molecule has 96 valence electrons. The fraction of sp³-hybridized carbons (Fsp3) is 0.455. The molecule has 0 atom stereocenters. The molecular weight excluding hydrogens is 250 g/mol. The Morgan fingerprint density at radius 3 is 2.61 bits per heavy atom. The first-order chi connectivity index (χ1) is 8.66. The van der Waals surface area contributed by atoms with Crippen LogP contribution in [0.2, 0.25) is 0 Å². The van der Waals surface area contributed by atoms with Crippen LogP contribution in [-0.2, 0) is 0 Å². The lowest BCUT2D eigenvalue weighted by Gasteiger charge is -2.34. The zero-order chi connectivity index (χ0) is 13.0. The number of hydrogen-bond donors (Lipinski definition) is 1. The monoisotopic (exact) mass is 265 g/mol. The van der Waals surface area contributed by atoms with Crippen molar-refractivity contribution < 1.29 is 4.79 Å². The largest absolute Gasteiger partial charge is 0.392 e. The van der Waals surface area contributed by atoms with Crippen LogP contribution in [0.4, 0.5) is 0 Å². The molecule has 0 unspecified atom stereocenters. The molecule has 1 aromatic heterocycles. The Bertz CT molecular complexity index is 430. The van der Waals surface area contributed by atoms with Gasteiger partial charge in [-0.2, -0.15) is 0 Å². The standard InChI is InChI=1S/C11H15N5OS/c12-10(18)8-15-3-5-16(6-4-15)11(17)9-7-13-1-2-14-9/h1-2,7H,3-6,8H2,(H2,12,18). The minimum absolute atomic E-state index is 0.0712. The maximum absolute atomic E-state index is 12.1. The number of amides is 1. The van der Waals surface area contributed by atoms with Gasteiger partial charge in [-0.05, 0) is 0 Å². The predicted molar refractivity (Wildman–Crippen MR) is 71.2 cm³/mol. The number of aromatic nitrogens is 2. The third-order valence-corrected chi connectivity index (χ3v) is 2.95. The van der Waals surface area contributed by atoms with Crippen molar-refractivity contribution >= 4 is 23.1 Å². The van der Waals surface area contributed by atoms with Crippen molar-refractivity contribution in [3.63, 3.8) is 0 Å². The summed E-state index contributed by atoms with van der Waals surface area (Å²) < 4.78 is 0. The van der Waals surface area contributed by atoms with Gasteiger partial charge in [0.1, 0.15) is 5.69 Å². The maximum Gasteiger partial charge on any atom is 0.274 e. The molecule has 2 N–H and O–H groups in total. The Hall–Kier alpha value is -1.60. The first-order valence-corrected chi connectivity index (χ1v) is 6.13. The van der Waals surface area contributed by atoms with Gasteiger partial charge in [0.25, 0.3) is 5.91 Å². The average Bonchev–Trinajstić information content (AvgIpc) is 2.39. The molecule has 0 aliphatic carbocycles. The predicted octanol–water partition coefficient (Wildman–Crippen LogP) is -0.480. The number of nitrogens with zero attached hydrogens (tertiary/aromatic N) is 4. The smallest absolute Gasteiger partial charge is 0.274 e. The molecule has 2 rings (SSSR count). The molecule has 1 fully saturated rings. The quantitative estimate of drug-likeness (QED) is 0.744. The Labute approximate surface area is 111 Å². The Morgan fingerprint density at radius 2 is 2.06 bits per heavy atom. The third-order valence-electron chi connectivity index (χ3n) is 2.82. The maximum atomic E-state index is 12.1. The van der Waals surface area contributed by atoms with Crippen molar-refractivity contribution in [2.75, 3.05) is 32.7 Å². The summed E-state index contributed by atoms with van der Waals surface area (Å²) in [5.74, 6) is -0.0712. The highest BCUT2D eigenvalue weighted by atomic mass is 32.1. The average molecular weight is 265 g/mol. The number of hydrogen-bond acceptors (Lipinski definition) is 5. The number of rotatable bonds is 3. The topological polar surface area (TPSA) is 75.3 Å². The van der Waals surface area contributed by atoms with Gasteiger partial charge >= 0.3 is 0 Å². The number of nitrogens with two attached hydrogens (primary N) is 1. The van der Waals surface area contributed by atoms with Crippen molar-refractivity contribution in [3.8, 4) is 0 Å². The second kappa shape index (κ2) is 5.83. The van der Waals surface area contributed by atoms with Crippen LogP contribution in [0.5, 0.6) is 0 Å². The van der Waals surface area contributed by atoms with Crippen LogP contribution in [0.25, 0.3) is 0 Å². The summed E-state index contributed by atoms with van der Waals surface area (Å²) in [6.45, 7) is 3.51. The van der Waals surface area contributed by atoms with Gasteiger partial charge in [0.05, 0.1) is 11.2 Å². The number of carbonyl (C=O) groups excluding carboxylic acids is 1. The highest BCUT2D eigenvalue weighted by Gasteiger charge is 2.22. The molecular formula is C11H15N5OS. The first-order valence-electron chi connectivity index (χ1n) is 5.73. The molecule has 6 nitrogen and oxygen atoms in total. The minimum atomic E-state index is -0.0712. The zero-order valence-corrected chi connectivity index (χ0v) is 10.8. The van der Waals surface area contributed by atoms with Gasteiger partial charge in [-0.1, -0.05) is 12.2 Å². The van der Waals surface area contributed by atoms with E-state index in [9.17, 15) is 4.79 Å². The van der Waals surface area contributed by atoms with Gasteiger partial charge in [0, 0.05) is 45.1 Å². The molecule has 1 aliphatic rings. The molecule has 0 radical (unpaired) electrons. The van der Waals surface area contributed by atoms with Crippen LogP contribution in [0.15, 0.2) is 18.6 Å². The minimum Gasteiger partial charge on any atom is -0.392 e. The third kappa shape index (κ3) is 3.21. The SMILES string of the molecule is NC(=S)CN1CCN(C(=O)c2cnccn2)CC1. The summed E-state index contributed by atoms with van der Waals surface area (Å²) in [4.78, 5) is 24.4. The highest BCUT2D eigenvalue weighted by molar-refractivity contribution is 7.80. The van der Waals surface area contributed by atoms with E-state index in [4.69, 9.17) is 18.0 Å². The van der Waals surface area contributed by atoms with E-state index in [1.165, 1.54) is 12.4 Å². The second-order valence-corrected chi connectivity index (χ2v) is 4.65. The normalized spacial score (nSPS) is 16.6. The van der Waals surface area contributed by atoms with Gasteiger partial charge in [0.15, 0.2) is 0 Å². The molecule has 7 heteroatoms. The van der Waals surface area contributed by atoms with E-state index in [1.54, 1.807) is 11.1 Å². The van der Waals surface area contributed by atoms with E-state index in [0.29, 0.717) is 30.3 Å². The van der Waals surface area contributed by atoms with E-state index in [-0.39, 0.29) is 5.91 Å². The Kier molecular flexibility index (Phi) is 4.16. The van der Waals surface area contributed by atoms with Gasteiger partial charge < -0.3 is 10.6 Å². The van der Waals surface area contributed by atoms with Gasteiger partial charge in [-0.15, -0.1) is 0 Å². The lowest BCUT2D eigenvalue weighted by Crippen LogP contribution is -2.50. The van der Waals surface area contributed by atoms with Crippen molar-refractivity contribution in [1.82, 2.24) is 19.8 Å². The summed E-state index contributed by atoms with van der Waals surface area (Å²) in [5.41, 5.74) is 5.89. The molecule has 1 aliphatic heterocycles. The van der Waals surface area contributed by atoms with E-state index in [2.05, 4.69) is 14.9 Å². The van der Waals surface area contributed by atoms with Gasteiger partial charge in [-0.3, -0.25) is 14.7 Å². The number of thiocarbonyl (C=S) groups is 1. The Morgan fingerprint density at radius 1 is 1.33 bits per heavy atom. The molecule has 1 aromatic rings. The van der Waals surface area contributed by atoms with Crippen LogP contribution in [0.1, 0.15) is 10.5 Å². The van der Waals surface area contributed by atoms with E-state index >= 15 is 0 Å². The van der Waals surface area contributed by atoms with Crippen LogP contribution < -0.4 is 5.73 Å². The van der Waals surface area contributed by atoms with Crippen LogP contribution >= 0.6 is 12.2 Å². The molecule has 0 bridgehead atoms. The summed E-state index contributed by atoms with van der Waals surface area (Å²) in [6.07, 6.45) is 4.57. The van der Waals surface area contributed by atoms with Crippen LogP contribution in [0.3, 0.4) is 0 Å². The van der Waals surface area contributed by atoms with E-state index in [1.807, 2.05) is 0 Å². The summed E-state index contributed by atoms with van der Waals surface area (Å²) in [6, 6.07) is 0. The van der Waals surface area contributed by atoms with Crippen molar-refractivity contribution in [2.45, 2.75) is 0 Å². The molecule has 0 spiro atoms. The summed E-state index contributed by atoms with van der Waals surface area (Å²) >= 11 is 4.87. The first kappa shape index (κ1) is 12.8. The van der Waals surface area contributed by atoms with E-state index < -0.39 is 0 Å². The molecule has 2 heterocycles. The molecule has 0 saturated carbocycles. The Balaban J connectivity index is 1.90. The van der Waals surface area contributed by atoms with Gasteiger partial charge in [0.2, 0.25) is 0 Å². The van der Waals surface area contributed by atoms with E-state index in [0.717, 1.165) is 13.1 Å². The van der Waals surface area contributed by atoms with Gasteiger partial charge in [-0.25, -0.2) is 4.98 Å². The molecule has 1 saturated heterocycles.